The third kappa shape index (κ3) is 2.46. The van der Waals surface area contributed by atoms with Crippen LogP contribution in [-0.4, -0.2) is 0 Å². The zero-order valence-electron chi connectivity index (χ0n) is 16.5. The maximum atomic E-state index is 6.53. The summed E-state index contributed by atoms with van der Waals surface area (Å²) in [6.07, 6.45) is 0. The molecule has 0 bridgehead atoms. The molecule has 0 fully saturated rings. The van der Waals surface area contributed by atoms with E-state index in [1.165, 1.54) is 33.4 Å². The molecule has 2 N–H and O–H groups in total. The number of nitrogen functional groups attached to an aromatic ring is 1. The summed E-state index contributed by atoms with van der Waals surface area (Å²) in [6, 6.07) is 11.5. The van der Waals surface area contributed by atoms with Crippen LogP contribution < -0.4 is 5.73 Å². The van der Waals surface area contributed by atoms with Gasteiger partial charge in [-0.3, -0.25) is 0 Å². The first kappa shape index (κ1) is 17.1. The van der Waals surface area contributed by atoms with E-state index in [2.05, 4.69) is 85.7 Å². The van der Waals surface area contributed by atoms with Gasteiger partial charge in [0.1, 0.15) is 0 Å². The first-order valence-electron chi connectivity index (χ1n) is 8.93. The molecule has 1 aliphatic rings. The molecule has 0 amide bonds. The van der Waals surface area contributed by atoms with E-state index < -0.39 is 0 Å². The Morgan fingerprint density at radius 1 is 0.750 bits per heavy atom. The zero-order chi connectivity index (χ0) is 18.1. The second-order valence-corrected chi connectivity index (χ2v) is 9.87. The van der Waals surface area contributed by atoms with Gasteiger partial charge in [0.15, 0.2) is 0 Å². The van der Waals surface area contributed by atoms with Crippen LogP contribution in [0.25, 0.3) is 11.1 Å². The molecule has 1 aliphatic carbocycles. The Kier molecular flexibility index (Phi) is 3.47. The fourth-order valence-electron chi connectivity index (χ4n) is 3.78. The topological polar surface area (TPSA) is 26.0 Å². The van der Waals surface area contributed by atoms with Gasteiger partial charge in [-0.05, 0) is 44.7 Å². The van der Waals surface area contributed by atoms with Crippen molar-refractivity contribution in [1.82, 2.24) is 0 Å². The second kappa shape index (κ2) is 4.88. The number of anilines is 1. The smallest absolute Gasteiger partial charge is 0.0399 e. The van der Waals surface area contributed by atoms with Crippen LogP contribution in [0.1, 0.15) is 77.6 Å². The lowest BCUT2D eigenvalue weighted by Gasteiger charge is -2.27. The van der Waals surface area contributed by atoms with Crippen LogP contribution >= 0.6 is 0 Å². The van der Waals surface area contributed by atoms with Crippen LogP contribution in [0, 0.1) is 0 Å². The minimum absolute atomic E-state index is 0.0126. The summed E-state index contributed by atoms with van der Waals surface area (Å²) in [7, 11) is 0. The van der Waals surface area contributed by atoms with Crippen molar-refractivity contribution in [1.29, 1.82) is 0 Å². The van der Waals surface area contributed by atoms with Crippen molar-refractivity contribution < 1.29 is 0 Å². The highest BCUT2D eigenvalue weighted by atomic mass is 14.6. The maximum absolute atomic E-state index is 6.53. The first-order valence-corrected chi connectivity index (χ1v) is 8.93. The molecule has 0 aromatic heterocycles. The van der Waals surface area contributed by atoms with Crippen molar-refractivity contribution >= 4 is 5.69 Å². The molecule has 0 radical (unpaired) electrons. The van der Waals surface area contributed by atoms with E-state index in [1.807, 2.05) is 0 Å². The molecule has 0 unspecified atom stereocenters. The largest absolute Gasteiger partial charge is 0.398 e. The molecule has 2 aromatic rings. The molecule has 128 valence electrons. The summed E-state index contributed by atoms with van der Waals surface area (Å²) in [6.45, 7) is 18.2. The van der Waals surface area contributed by atoms with Gasteiger partial charge in [0.05, 0.1) is 0 Å². The fourth-order valence-corrected chi connectivity index (χ4v) is 3.78. The fraction of sp³-hybridized carbons (Fsp3) is 0.478. The number of hydrogen-bond acceptors (Lipinski definition) is 1. The number of benzene rings is 2. The van der Waals surface area contributed by atoms with Crippen LogP contribution in [-0.2, 0) is 16.2 Å². The highest BCUT2D eigenvalue weighted by molar-refractivity contribution is 5.89. The molecule has 2 aromatic carbocycles. The molecule has 0 aliphatic heterocycles. The molecule has 3 rings (SSSR count). The quantitative estimate of drug-likeness (QED) is 0.577. The van der Waals surface area contributed by atoms with Gasteiger partial charge in [0, 0.05) is 16.7 Å². The SMILES string of the molecule is CC(C)(C)c1ccc2c(c1)C(C)(C)c1cc(C(C)(C)C)cc(N)c1-2. The lowest BCUT2D eigenvalue weighted by molar-refractivity contribution is 0.580. The molecule has 0 atom stereocenters. The van der Waals surface area contributed by atoms with Crippen LogP contribution in [0.3, 0.4) is 0 Å². The third-order valence-corrected chi connectivity index (χ3v) is 5.54. The molecule has 0 heterocycles. The lowest BCUT2D eigenvalue weighted by atomic mass is 9.77. The maximum Gasteiger partial charge on any atom is 0.0399 e. The normalized spacial score (nSPS) is 16.0. The van der Waals surface area contributed by atoms with Crippen molar-refractivity contribution in [2.45, 2.75) is 71.6 Å². The Bertz CT molecular complexity index is 811. The molecule has 1 nitrogen and oxygen atoms in total. The molecular weight excluding hydrogens is 290 g/mol. The van der Waals surface area contributed by atoms with Crippen molar-refractivity contribution in [3.8, 4) is 11.1 Å². The van der Waals surface area contributed by atoms with Gasteiger partial charge in [-0.15, -0.1) is 0 Å². The second-order valence-electron chi connectivity index (χ2n) is 9.87. The van der Waals surface area contributed by atoms with Crippen LogP contribution in [0.4, 0.5) is 5.69 Å². The van der Waals surface area contributed by atoms with E-state index >= 15 is 0 Å². The Morgan fingerprint density at radius 2 is 1.29 bits per heavy atom. The number of rotatable bonds is 0. The number of nitrogens with two attached hydrogens (primary N) is 1. The Hall–Kier alpha value is -1.76. The van der Waals surface area contributed by atoms with E-state index in [0.29, 0.717) is 0 Å². The predicted molar refractivity (Wildman–Crippen MR) is 106 cm³/mol. The summed E-state index contributed by atoms with van der Waals surface area (Å²) >= 11 is 0. The average Bonchev–Trinajstić information content (AvgIpc) is 2.66. The van der Waals surface area contributed by atoms with Crippen LogP contribution in [0.15, 0.2) is 30.3 Å². The lowest BCUT2D eigenvalue weighted by Crippen LogP contribution is -2.19. The van der Waals surface area contributed by atoms with Gasteiger partial charge in [0.25, 0.3) is 0 Å². The van der Waals surface area contributed by atoms with E-state index in [-0.39, 0.29) is 16.2 Å². The van der Waals surface area contributed by atoms with Crippen LogP contribution in [0.2, 0.25) is 0 Å². The van der Waals surface area contributed by atoms with Gasteiger partial charge in [-0.25, -0.2) is 0 Å². The molecule has 0 spiro atoms. The summed E-state index contributed by atoms with van der Waals surface area (Å²) < 4.78 is 0. The monoisotopic (exact) mass is 321 g/mol. The molecule has 0 saturated carbocycles. The van der Waals surface area contributed by atoms with Gasteiger partial charge >= 0.3 is 0 Å². The van der Waals surface area contributed by atoms with Crippen molar-refractivity contribution in [3.05, 3.63) is 52.6 Å². The first-order chi connectivity index (χ1) is 10.8. The van der Waals surface area contributed by atoms with Crippen molar-refractivity contribution in [2.75, 3.05) is 5.73 Å². The van der Waals surface area contributed by atoms with E-state index in [9.17, 15) is 0 Å². The molecular formula is C23H31N. The van der Waals surface area contributed by atoms with Gasteiger partial charge in [-0.2, -0.15) is 0 Å². The van der Waals surface area contributed by atoms with Gasteiger partial charge < -0.3 is 5.73 Å². The van der Waals surface area contributed by atoms with Crippen molar-refractivity contribution in [2.24, 2.45) is 0 Å². The van der Waals surface area contributed by atoms with Crippen LogP contribution in [0.5, 0.6) is 0 Å². The Labute approximate surface area is 147 Å². The van der Waals surface area contributed by atoms with E-state index in [4.69, 9.17) is 5.73 Å². The minimum Gasteiger partial charge on any atom is -0.398 e. The predicted octanol–water partition coefficient (Wildman–Crippen LogP) is 6.17. The number of fused-ring (bicyclic) bond motifs is 3. The summed E-state index contributed by atoms with van der Waals surface area (Å²) in [5, 5.41) is 0. The summed E-state index contributed by atoms with van der Waals surface area (Å²) in [5.74, 6) is 0. The number of hydrogen-bond donors (Lipinski definition) is 1. The minimum atomic E-state index is -0.0126. The third-order valence-electron chi connectivity index (χ3n) is 5.54. The van der Waals surface area contributed by atoms with E-state index in [1.54, 1.807) is 0 Å². The standard InChI is InChI=1S/C23H31N/c1-21(2,3)14-9-10-16-17(11-14)23(7,8)18-12-15(22(4,5)6)13-19(24)20(16)18/h9-13H,24H2,1-8H3. The molecule has 24 heavy (non-hydrogen) atoms. The van der Waals surface area contributed by atoms with Gasteiger partial charge in [0.2, 0.25) is 0 Å². The Balaban J connectivity index is 2.29. The summed E-state index contributed by atoms with van der Waals surface area (Å²) in [4.78, 5) is 0. The summed E-state index contributed by atoms with van der Waals surface area (Å²) in [5.41, 5.74) is 15.7. The molecule has 1 heteroatoms. The van der Waals surface area contributed by atoms with E-state index in [0.717, 1.165) is 5.69 Å². The molecule has 0 saturated heterocycles. The highest BCUT2D eigenvalue weighted by Gasteiger charge is 2.38. The zero-order valence-corrected chi connectivity index (χ0v) is 16.5. The highest BCUT2D eigenvalue weighted by Crippen LogP contribution is 2.52. The Morgan fingerprint density at radius 3 is 1.83 bits per heavy atom. The average molecular weight is 322 g/mol. The van der Waals surface area contributed by atoms with Crippen molar-refractivity contribution in [3.63, 3.8) is 0 Å². The van der Waals surface area contributed by atoms with Gasteiger partial charge in [-0.1, -0.05) is 79.7 Å².